The number of fused-ring (bicyclic) bond motifs is 4. The molecule has 1 N–H and O–H groups in total. The van der Waals surface area contributed by atoms with Gasteiger partial charge in [-0.3, -0.25) is 4.79 Å². The van der Waals surface area contributed by atoms with Crippen molar-refractivity contribution in [2.45, 2.75) is 83.5 Å². The van der Waals surface area contributed by atoms with Crippen molar-refractivity contribution >= 4 is 5.78 Å². The third-order valence-electron chi connectivity index (χ3n) is 9.02. The summed E-state index contributed by atoms with van der Waals surface area (Å²) in [5.74, 6) is 2.26. The Morgan fingerprint density at radius 2 is 2.04 bits per heavy atom. The molecule has 4 fully saturated rings. The van der Waals surface area contributed by atoms with Crippen molar-refractivity contribution in [3.05, 3.63) is 11.6 Å². The highest BCUT2D eigenvalue weighted by Gasteiger charge is 2.75. The average molecular weight is 330 g/mol. The first-order chi connectivity index (χ1) is 11.3. The molecule has 0 amide bonds. The molecule has 1 aliphatic heterocycles. The second kappa shape index (κ2) is 4.54. The Morgan fingerprint density at radius 1 is 1.25 bits per heavy atom. The summed E-state index contributed by atoms with van der Waals surface area (Å²) in [6.07, 6.45) is 9.87. The first kappa shape index (κ1) is 15.6. The molecule has 24 heavy (non-hydrogen) atoms. The monoisotopic (exact) mass is 330 g/mol. The van der Waals surface area contributed by atoms with E-state index >= 15 is 0 Å². The fraction of sp³-hybridized carbons (Fsp3) is 0.857. The van der Waals surface area contributed by atoms with Gasteiger partial charge < -0.3 is 9.84 Å². The number of ketones is 1. The molecule has 3 nitrogen and oxygen atoms in total. The van der Waals surface area contributed by atoms with Crippen LogP contribution in [0.2, 0.25) is 0 Å². The van der Waals surface area contributed by atoms with E-state index in [4.69, 9.17) is 4.74 Å². The van der Waals surface area contributed by atoms with Crippen LogP contribution >= 0.6 is 0 Å². The lowest BCUT2D eigenvalue weighted by molar-refractivity contribution is -0.119. The predicted octanol–water partition coefficient (Wildman–Crippen LogP) is 3.65. The van der Waals surface area contributed by atoms with Gasteiger partial charge in [-0.1, -0.05) is 19.9 Å². The highest BCUT2D eigenvalue weighted by molar-refractivity contribution is 5.95. The van der Waals surface area contributed by atoms with Crippen molar-refractivity contribution < 1.29 is 14.6 Å². The maximum absolute atomic E-state index is 12.1. The zero-order chi connectivity index (χ0) is 16.9. The third kappa shape index (κ3) is 1.64. The van der Waals surface area contributed by atoms with E-state index in [1.165, 1.54) is 6.42 Å². The summed E-state index contributed by atoms with van der Waals surface area (Å²) < 4.78 is 6.35. The summed E-state index contributed by atoms with van der Waals surface area (Å²) >= 11 is 0. The first-order valence-electron chi connectivity index (χ1n) is 9.89. The minimum absolute atomic E-state index is 0.0327. The van der Waals surface area contributed by atoms with Crippen molar-refractivity contribution in [2.24, 2.45) is 28.6 Å². The first-order valence-corrected chi connectivity index (χ1v) is 9.89. The number of carbonyl (C=O) groups excluding carboxylic acids is 1. The molecule has 0 aromatic carbocycles. The van der Waals surface area contributed by atoms with Crippen LogP contribution in [0, 0.1) is 28.6 Å². The largest absolute Gasteiger partial charge is 0.393 e. The van der Waals surface area contributed by atoms with Gasteiger partial charge >= 0.3 is 0 Å². The highest BCUT2D eigenvalue weighted by atomic mass is 16.6. The number of hydrogen-bond acceptors (Lipinski definition) is 3. The molecule has 8 atom stereocenters. The van der Waals surface area contributed by atoms with Gasteiger partial charge in [-0.15, -0.1) is 0 Å². The van der Waals surface area contributed by atoms with Gasteiger partial charge in [0.1, 0.15) is 5.60 Å². The number of Topliss-reactive ketones (excluding diaryl/α,β-unsaturated/α-hetero) is 1. The van der Waals surface area contributed by atoms with Crippen LogP contribution in [0.5, 0.6) is 0 Å². The average Bonchev–Trinajstić information content (AvgIpc) is 3.08. The molecule has 0 aromatic heterocycles. The maximum atomic E-state index is 12.1. The summed E-state index contributed by atoms with van der Waals surface area (Å²) in [6.45, 7) is 6.54. The summed E-state index contributed by atoms with van der Waals surface area (Å²) in [5, 5.41) is 10.2. The smallest absolute Gasteiger partial charge is 0.156 e. The van der Waals surface area contributed by atoms with E-state index in [0.29, 0.717) is 23.9 Å². The maximum Gasteiger partial charge on any atom is 0.156 e. The lowest BCUT2D eigenvalue weighted by Crippen LogP contribution is -2.58. The van der Waals surface area contributed by atoms with Crippen molar-refractivity contribution in [1.29, 1.82) is 0 Å². The Kier molecular flexibility index (Phi) is 2.94. The van der Waals surface area contributed by atoms with Crippen molar-refractivity contribution in [2.75, 3.05) is 0 Å². The Labute approximate surface area is 144 Å². The minimum atomic E-state index is -0.175. The molecule has 4 aliphatic carbocycles. The quantitative estimate of drug-likeness (QED) is 0.747. The second-order valence-corrected chi connectivity index (χ2v) is 9.79. The van der Waals surface area contributed by atoms with E-state index in [1.807, 2.05) is 0 Å². The molecule has 1 spiro atoms. The molecule has 3 heteroatoms. The van der Waals surface area contributed by atoms with E-state index in [9.17, 15) is 9.90 Å². The summed E-state index contributed by atoms with van der Waals surface area (Å²) in [5.41, 5.74) is 1.38. The standard InChI is InChI=1S/C21H30O3/c1-12(22)15-4-5-16-14-10-18-21(24-18)11-13(23)6-9-20(21,3)17(14)7-8-19(15,16)2/h4,13-14,16-18,23H,5-11H2,1-3H3/t13-,14-,16-,17-,18?,19+,20+,21?/m0/s1. The second-order valence-electron chi connectivity index (χ2n) is 9.79. The van der Waals surface area contributed by atoms with Crippen LogP contribution in [0.1, 0.15) is 65.7 Å². The van der Waals surface area contributed by atoms with Crippen LogP contribution in [0.3, 0.4) is 0 Å². The van der Waals surface area contributed by atoms with E-state index in [-0.39, 0.29) is 28.3 Å². The van der Waals surface area contributed by atoms with Crippen molar-refractivity contribution in [3.63, 3.8) is 0 Å². The summed E-state index contributed by atoms with van der Waals surface area (Å²) in [7, 11) is 0. The van der Waals surface area contributed by atoms with Gasteiger partial charge in [0.05, 0.1) is 12.2 Å². The van der Waals surface area contributed by atoms with Gasteiger partial charge in [-0.2, -0.15) is 0 Å². The highest BCUT2D eigenvalue weighted by Crippen LogP contribution is 2.73. The Bertz CT molecular complexity index is 639. The van der Waals surface area contributed by atoms with Crippen LogP contribution in [0.25, 0.3) is 0 Å². The van der Waals surface area contributed by atoms with E-state index in [1.54, 1.807) is 6.92 Å². The fourth-order valence-corrected chi connectivity index (χ4v) is 7.77. The van der Waals surface area contributed by atoms with Gasteiger partial charge in [0.15, 0.2) is 5.78 Å². The lowest BCUT2D eigenvalue weighted by atomic mass is 9.44. The molecule has 0 radical (unpaired) electrons. The number of ether oxygens (including phenoxy) is 1. The van der Waals surface area contributed by atoms with E-state index < -0.39 is 0 Å². The Balaban J connectivity index is 1.50. The van der Waals surface area contributed by atoms with Crippen LogP contribution in [0.4, 0.5) is 0 Å². The van der Waals surface area contributed by atoms with E-state index in [0.717, 1.165) is 44.1 Å². The number of carbonyl (C=O) groups is 1. The zero-order valence-corrected chi connectivity index (χ0v) is 15.2. The van der Waals surface area contributed by atoms with Crippen LogP contribution in [0.15, 0.2) is 11.6 Å². The number of allylic oxidation sites excluding steroid dienone is 2. The normalized spacial score (nSPS) is 58.0. The van der Waals surface area contributed by atoms with Crippen molar-refractivity contribution in [1.82, 2.24) is 0 Å². The SMILES string of the molecule is CC(=O)C1=CC[C@H]2[C@@H]3CC4OC45C[C@@H](O)CC[C@]5(C)[C@H]3CC[C@]12C. The Hall–Kier alpha value is -0.670. The number of hydrogen-bond donors (Lipinski definition) is 1. The van der Waals surface area contributed by atoms with Crippen LogP contribution < -0.4 is 0 Å². The minimum Gasteiger partial charge on any atom is -0.393 e. The Morgan fingerprint density at radius 3 is 2.79 bits per heavy atom. The number of rotatable bonds is 1. The topological polar surface area (TPSA) is 49.8 Å². The molecule has 0 bridgehead atoms. The van der Waals surface area contributed by atoms with Gasteiger partial charge in [-0.25, -0.2) is 0 Å². The molecule has 5 aliphatic rings. The molecule has 5 rings (SSSR count). The fourth-order valence-electron chi connectivity index (χ4n) is 7.77. The molecule has 1 saturated heterocycles. The summed E-state index contributed by atoms with van der Waals surface area (Å²) in [4.78, 5) is 12.1. The molecule has 2 unspecified atom stereocenters. The van der Waals surface area contributed by atoms with Gasteiger partial charge in [0.2, 0.25) is 0 Å². The van der Waals surface area contributed by atoms with Gasteiger partial charge in [-0.05, 0) is 74.2 Å². The number of epoxide rings is 1. The third-order valence-corrected chi connectivity index (χ3v) is 9.02. The molecule has 1 heterocycles. The molecule has 3 saturated carbocycles. The number of aliphatic hydroxyl groups excluding tert-OH is 1. The van der Waals surface area contributed by atoms with E-state index in [2.05, 4.69) is 19.9 Å². The zero-order valence-electron chi connectivity index (χ0n) is 15.2. The lowest BCUT2D eigenvalue weighted by Gasteiger charge is -2.58. The van der Waals surface area contributed by atoms with Gasteiger partial charge in [0, 0.05) is 11.8 Å². The van der Waals surface area contributed by atoms with Crippen molar-refractivity contribution in [3.8, 4) is 0 Å². The predicted molar refractivity (Wildman–Crippen MR) is 91.4 cm³/mol. The number of aliphatic hydroxyl groups is 1. The summed E-state index contributed by atoms with van der Waals surface area (Å²) in [6, 6.07) is 0. The van der Waals surface area contributed by atoms with Crippen LogP contribution in [-0.2, 0) is 9.53 Å². The molecular weight excluding hydrogens is 300 g/mol. The molecule has 132 valence electrons. The molecule has 0 aromatic rings. The molecular formula is C21H30O3. The van der Waals surface area contributed by atoms with Crippen LogP contribution in [-0.4, -0.2) is 28.7 Å². The van der Waals surface area contributed by atoms with Gasteiger partial charge in [0.25, 0.3) is 0 Å².